The number of carboxylic acids is 1. The summed E-state index contributed by atoms with van der Waals surface area (Å²) in [5.74, 6) is -2.19. The normalized spacial score (nSPS) is 10.8. The fraction of sp³-hybridized carbons (Fsp3) is 0.0833. The lowest BCUT2D eigenvalue weighted by Gasteiger charge is -2.01. The molecule has 10 nitrogen and oxygen atoms in total. The van der Waals surface area contributed by atoms with Crippen LogP contribution in [0.5, 0.6) is 0 Å². The van der Waals surface area contributed by atoms with Crippen LogP contribution in [0.3, 0.4) is 0 Å². The number of aryl methyl sites for hydroxylation is 1. The van der Waals surface area contributed by atoms with Gasteiger partial charge in [-0.25, -0.2) is 4.79 Å². The highest BCUT2D eigenvalue weighted by Crippen LogP contribution is 2.17. The van der Waals surface area contributed by atoms with E-state index in [0.29, 0.717) is 0 Å². The van der Waals surface area contributed by atoms with Crippen molar-refractivity contribution in [1.29, 1.82) is 0 Å². The first-order chi connectivity index (χ1) is 10.4. The number of nitro groups is 1. The minimum Gasteiger partial charge on any atom is -0.476 e. The molecule has 0 fully saturated rings. The van der Waals surface area contributed by atoms with Crippen LogP contribution in [-0.4, -0.2) is 31.7 Å². The van der Waals surface area contributed by atoms with Crippen LogP contribution in [0, 0.1) is 10.1 Å². The second-order valence-electron chi connectivity index (χ2n) is 4.09. The summed E-state index contributed by atoms with van der Waals surface area (Å²) in [6.07, 6.45) is 3.48. The number of hydrogen-bond donors (Lipinski definition) is 2. The SMILES string of the molecule is Cn1ncc(NC(=O)/C=C/c2ccc([N+](=O)[O-])o2)c1C(=O)O. The molecule has 0 spiro atoms. The summed E-state index contributed by atoms with van der Waals surface area (Å²) in [6.45, 7) is 0. The quantitative estimate of drug-likeness (QED) is 0.481. The lowest BCUT2D eigenvalue weighted by atomic mass is 10.3. The van der Waals surface area contributed by atoms with E-state index in [1.807, 2.05) is 0 Å². The van der Waals surface area contributed by atoms with E-state index in [2.05, 4.69) is 10.4 Å². The van der Waals surface area contributed by atoms with Crippen molar-refractivity contribution in [3.8, 4) is 0 Å². The molecule has 0 saturated heterocycles. The fourth-order valence-corrected chi connectivity index (χ4v) is 1.64. The molecule has 0 radical (unpaired) electrons. The molecule has 114 valence electrons. The summed E-state index contributed by atoms with van der Waals surface area (Å²) >= 11 is 0. The Balaban J connectivity index is 2.08. The van der Waals surface area contributed by atoms with Crippen LogP contribution in [0.4, 0.5) is 11.6 Å². The Bertz CT molecular complexity index is 772. The largest absolute Gasteiger partial charge is 0.476 e. The number of nitrogens with zero attached hydrogens (tertiary/aromatic N) is 3. The van der Waals surface area contributed by atoms with Gasteiger partial charge in [0.15, 0.2) is 5.69 Å². The molecule has 0 aromatic carbocycles. The molecule has 0 bridgehead atoms. The number of carbonyl (C=O) groups excluding carboxylic acids is 1. The molecule has 0 saturated carbocycles. The summed E-state index contributed by atoms with van der Waals surface area (Å²) < 4.78 is 5.94. The summed E-state index contributed by atoms with van der Waals surface area (Å²) in [6, 6.07) is 2.48. The highest BCUT2D eigenvalue weighted by molar-refractivity contribution is 6.05. The maximum absolute atomic E-state index is 11.7. The van der Waals surface area contributed by atoms with Crippen LogP contribution in [0.15, 0.2) is 28.8 Å². The zero-order valence-electron chi connectivity index (χ0n) is 11.2. The monoisotopic (exact) mass is 306 g/mol. The van der Waals surface area contributed by atoms with Gasteiger partial charge in [0.2, 0.25) is 5.91 Å². The van der Waals surface area contributed by atoms with E-state index < -0.39 is 22.7 Å². The minimum atomic E-state index is -1.24. The van der Waals surface area contributed by atoms with Crippen LogP contribution in [0.25, 0.3) is 6.08 Å². The van der Waals surface area contributed by atoms with Gasteiger partial charge in [0.1, 0.15) is 10.7 Å². The highest BCUT2D eigenvalue weighted by atomic mass is 16.6. The number of furan rings is 1. The second-order valence-corrected chi connectivity index (χ2v) is 4.09. The van der Waals surface area contributed by atoms with Crippen molar-refractivity contribution in [2.45, 2.75) is 0 Å². The number of carbonyl (C=O) groups is 2. The topological polar surface area (TPSA) is 140 Å². The van der Waals surface area contributed by atoms with Gasteiger partial charge in [-0.2, -0.15) is 5.10 Å². The molecule has 22 heavy (non-hydrogen) atoms. The standard InChI is InChI=1S/C12H10N4O6/c1-15-11(12(18)19)8(6-13-15)14-9(17)4-2-7-3-5-10(22-7)16(20)21/h2-6H,1H3,(H,14,17)(H,18,19)/b4-2+. The van der Waals surface area contributed by atoms with Crippen LogP contribution in [-0.2, 0) is 11.8 Å². The third-order valence-electron chi connectivity index (χ3n) is 2.59. The van der Waals surface area contributed by atoms with Crippen molar-refractivity contribution >= 4 is 29.5 Å². The summed E-state index contributed by atoms with van der Waals surface area (Å²) in [5.41, 5.74) is -0.134. The van der Waals surface area contributed by atoms with Crippen molar-refractivity contribution in [3.05, 3.63) is 46.0 Å². The molecular formula is C12H10N4O6. The molecule has 0 aliphatic rings. The van der Waals surface area contributed by atoms with Gasteiger partial charge in [0.25, 0.3) is 0 Å². The summed E-state index contributed by atoms with van der Waals surface area (Å²) in [7, 11) is 1.43. The van der Waals surface area contributed by atoms with Crippen molar-refractivity contribution in [1.82, 2.24) is 9.78 Å². The maximum Gasteiger partial charge on any atom is 0.433 e. The number of aromatic carboxylic acids is 1. The second kappa shape index (κ2) is 5.91. The predicted molar refractivity (Wildman–Crippen MR) is 73.2 cm³/mol. The number of carboxylic acid groups (broad SMARTS) is 1. The van der Waals surface area contributed by atoms with E-state index in [0.717, 1.165) is 16.8 Å². The van der Waals surface area contributed by atoms with E-state index >= 15 is 0 Å². The van der Waals surface area contributed by atoms with Gasteiger partial charge in [0.05, 0.1) is 18.0 Å². The van der Waals surface area contributed by atoms with E-state index in [1.165, 1.54) is 25.4 Å². The zero-order chi connectivity index (χ0) is 16.3. The van der Waals surface area contributed by atoms with Gasteiger partial charge >= 0.3 is 11.9 Å². The molecule has 0 aliphatic heterocycles. The third kappa shape index (κ3) is 3.17. The molecule has 0 unspecified atom stereocenters. The Hall–Kier alpha value is -3.43. The molecule has 2 heterocycles. The molecule has 2 rings (SSSR count). The third-order valence-corrected chi connectivity index (χ3v) is 2.59. The van der Waals surface area contributed by atoms with Crippen LogP contribution >= 0.6 is 0 Å². The van der Waals surface area contributed by atoms with Gasteiger partial charge in [0, 0.05) is 13.1 Å². The summed E-state index contributed by atoms with van der Waals surface area (Å²) in [5, 5.41) is 25.5. The first kappa shape index (κ1) is 15.0. The first-order valence-corrected chi connectivity index (χ1v) is 5.87. The number of hydrogen-bond acceptors (Lipinski definition) is 6. The smallest absolute Gasteiger partial charge is 0.433 e. The van der Waals surface area contributed by atoms with Crippen LogP contribution in [0.2, 0.25) is 0 Å². The van der Waals surface area contributed by atoms with Gasteiger partial charge < -0.3 is 14.8 Å². The van der Waals surface area contributed by atoms with E-state index in [1.54, 1.807) is 0 Å². The van der Waals surface area contributed by atoms with E-state index in [4.69, 9.17) is 9.52 Å². The summed E-state index contributed by atoms with van der Waals surface area (Å²) in [4.78, 5) is 32.5. The Morgan fingerprint density at radius 1 is 1.50 bits per heavy atom. The average Bonchev–Trinajstić information content (AvgIpc) is 3.03. The molecule has 10 heteroatoms. The lowest BCUT2D eigenvalue weighted by molar-refractivity contribution is -0.402. The molecule has 2 N–H and O–H groups in total. The molecular weight excluding hydrogens is 296 g/mol. The Kier molecular flexibility index (Phi) is 4.02. The molecule has 0 atom stereocenters. The highest BCUT2D eigenvalue weighted by Gasteiger charge is 2.17. The zero-order valence-corrected chi connectivity index (χ0v) is 11.2. The number of amides is 1. The Morgan fingerprint density at radius 3 is 2.82 bits per heavy atom. The van der Waals surface area contributed by atoms with Crippen molar-refractivity contribution in [2.75, 3.05) is 5.32 Å². The van der Waals surface area contributed by atoms with Crippen molar-refractivity contribution in [2.24, 2.45) is 7.05 Å². The van der Waals surface area contributed by atoms with Gasteiger partial charge in [-0.3, -0.25) is 19.6 Å². The number of rotatable bonds is 5. The van der Waals surface area contributed by atoms with Gasteiger partial charge in [-0.1, -0.05) is 0 Å². The van der Waals surface area contributed by atoms with Crippen LogP contribution < -0.4 is 5.32 Å². The first-order valence-electron chi connectivity index (χ1n) is 5.87. The van der Waals surface area contributed by atoms with Gasteiger partial charge in [-0.05, 0) is 12.1 Å². The fourth-order valence-electron chi connectivity index (χ4n) is 1.64. The number of aromatic nitrogens is 2. The Morgan fingerprint density at radius 2 is 2.23 bits per heavy atom. The molecule has 2 aromatic heterocycles. The van der Waals surface area contributed by atoms with E-state index in [9.17, 15) is 19.7 Å². The van der Waals surface area contributed by atoms with E-state index in [-0.39, 0.29) is 17.1 Å². The van der Waals surface area contributed by atoms with Crippen LogP contribution in [0.1, 0.15) is 16.2 Å². The molecule has 0 aliphatic carbocycles. The Labute approximate surface area is 122 Å². The van der Waals surface area contributed by atoms with Crippen molar-refractivity contribution in [3.63, 3.8) is 0 Å². The maximum atomic E-state index is 11.7. The number of anilines is 1. The number of nitrogens with one attached hydrogen (secondary N) is 1. The minimum absolute atomic E-state index is 0.0371. The molecule has 2 aromatic rings. The van der Waals surface area contributed by atoms with Crippen molar-refractivity contribution < 1.29 is 24.0 Å². The predicted octanol–water partition coefficient (Wildman–Crippen LogP) is 1.27. The molecule has 1 amide bonds. The lowest BCUT2D eigenvalue weighted by Crippen LogP contribution is -2.13. The average molecular weight is 306 g/mol. The van der Waals surface area contributed by atoms with Gasteiger partial charge in [-0.15, -0.1) is 0 Å².